The van der Waals surface area contributed by atoms with Crippen LogP contribution < -0.4 is 5.32 Å². The highest BCUT2D eigenvalue weighted by atomic mass is 32.1. The van der Waals surface area contributed by atoms with E-state index >= 15 is 0 Å². The minimum absolute atomic E-state index is 0.291. The molecule has 1 N–H and O–H groups in total. The Morgan fingerprint density at radius 1 is 1.07 bits per heavy atom. The van der Waals surface area contributed by atoms with E-state index in [9.17, 15) is 4.79 Å². The number of thiazole rings is 1. The lowest BCUT2D eigenvalue weighted by atomic mass is 10.1. The highest BCUT2D eigenvalue weighted by Gasteiger charge is 2.15. The Morgan fingerprint density at radius 2 is 1.83 bits per heavy atom. The number of aromatic nitrogens is 3. The molecule has 0 fully saturated rings. The number of carbonyl (C=O) groups excluding carboxylic acids is 1. The summed E-state index contributed by atoms with van der Waals surface area (Å²) in [5, 5.41) is 4.17. The molecule has 0 spiro atoms. The number of hydrogen-bond donors (Lipinski definition) is 1. The van der Waals surface area contributed by atoms with Crippen molar-refractivity contribution in [3.05, 3.63) is 77.6 Å². The van der Waals surface area contributed by atoms with E-state index in [0.29, 0.717) is 18.0 Å². The van der Waals surface area contributed by atoms with E-state index in [2.05, 4.69) is 34.3 Å². The van der Waals surface area contributed by atoms with Crippen molar-refractivity contribution in [3.63, 3.8) is 0 Å². The van der Waals surface area contributed by atoms with Gasteiger partial charge in [-0.15, -0.1) is 11.3 Å². The SMILES string of the molecule is CCOC(=O)c1cncnc1Nc1ccc(-c2nc(-c3ccccc3)sc2C)cc1. The number of carbonyl (C=O) groups is 1. The van der Waals surface area contributed by atoms with E-state index in [-0.39, 0.29) is 0 Å². The van der Waals surface area contributed by atoms with E-state index in [1.807, 2.05) is 42.5 Å². The van der Waals surface area contributed by atoms with Crippen molar-refractivity contribution in [2.24, 2.45) is 0 Å². The van der Waals surface area contributed by atoms with Crippen LogP contribution in [-0.2, 0) is 4.74 Å². The fourth-order valence-corrected chi connectivity index (χ4v) is 3.95. The molecule has 0 aliphatic carbocycles. The number of nitrogens with one attached hydrogen (secondary N) is 1. The van der Waals surface area contributed by atoms with Gasteiger partial charge >= 0.3 is 5.97 Å². The van der Waals surface area contributed by atoms with Crippen LogP contribution in [-0.4, -0.2) is 27.5 Å². The lowest BCUT2D eigenvalue weighted by Gasteiger charge is -2.10. The fourth-order valence-electron chi connectivity index (χ4n) is 3.00. The monoisotopic (exact) mass is 416 g/mol. The van der Waals surface area contributed by atoms with Crippen LogP contribution in [0.25, 0.3) is 21.8 Å². The number of nitrogens with zero attached hydrogens (tertiary/aromatic N) is 3. The first-order valence-electron chi connectivity index (χ1n) is 9.53. The summed E-state index contributed by atoms with van der Waals surface area (Å²) in [5.74, 6) is -0.0452. The van der Waals surface area contributed by atoms with Crippen LogP contribution in [0.2, 0.25) is 0 Å². The average Bonchev–Trinajstić information content (AvgIpc) is 3.17. The van der Waals surface area contributed by atoms with Gasteiger partial charge in [-0.2, -0.15) is 0 Å². The Balaban J connectivity index is 1.56. The van der Waals surface area contributed by atoms with Gasteiger partial charge in [0.2, 0.25) is 0 Å². The van der Waals surface area contributed by atoms with Crippen molar-refractivity contribution in [1.29, 1.82) is 0 Å². The molecular formula is C23H20N4O2S. The molecule has 0 saturated carbocycles. The predicted molar refractivity (Wildman–Crippen MR) is 119 cm³/mol. The Hall–Kier alpha value is -3.58. The molecule has 2 aromatic carbocycles. The molecule has 0 aliphatic rings. The first-order valence-corrected chi connectivity index (χ1v) is 10.3. The number of anilines is 2. The van der Waals surface area contributed by atoms with Crippen LogP contribution in [0.1, 0.15) is 22.2 Å². The molecule has 0 saturated heterocycles. The van der Waals surface area contributed by atoms with Gasteiger partial charge in [0.05, 0.1) is 12.3 Å². The number of rotatable bonds is 6. The third kappa shape index (κ3) is 4.21. The molecule has 7 heteroatoms. The van der Waals surface area contributed by atoms with Gasteiger partial charge in [0, 0.05) is 27.9 Å². The van der Waals surface area contributed by atoms with Gasteiger partial charge in [-0.05, 0) is 26.0 Å². The number of benzene rings is 2. The molecule has 0 radical (unpaired) electrons. The molecule has 2 heterocycles. The van der Waals surface area contributed by atoms with Gasteiger partial charge < -0.3 is 10.1 Å². The Bertz CT molecular complexity index is 1160. The van der Waals surface area contributed by atoms with E-state index in [0.717, 1.165) is 32.4 Å². The average molecular weight is 417 g/mol. The highest BCUT2D eigenvalue weighted by molar-refractivity contribution is 7.15. The molecular weight excluding hydrogens is 396 g/mol. The van der Waals surface area contributed by atoms with Crippen LogP contribution in [0.3, 0.4) is 0 Å². The molecule has 150 valence electrons. The summed E-state index contributed by atoms with van der Waals surface area (Å²) in [5.41, 5.74) is 4.22. The van der Waals surface area contributed by atoms with Crippen molar-refractivity contribution < 1.29 is 9.53 Å². The molecule has 0 bridgehead atoms. The summed E-state index contributed by atoms with van der Waals surface area (Å²) in [6.45, 7) is 4.13. The fraction of sp³-hybridized carbons (Fsp3) is 0.130. The number of hydrogen-bond acceptors (Lipinski definition) is 7. The molecule has 0 unspecified atom stereocenters. The van der Waals surface area contributed by atoms with Gasteiger partial charge in [0.15, 0.2) is 0 Å². The van der Waals surface area contributed by atoms with Gasteiger partial charge in [-0.25, -0.2) is 19.7 Å². The van der Waals surface area contributed by atoms with Crippen LogP contribution in [0, 0.1) is 6.92 Å². The second-order valence-electron chi connectivity index (χ2n) is 6.50. The van der Waals surface area contributed by atoms with Crippen molar-refractivity contribution in [3.8, 4) is 21.8 Å². The third-order valence-electron chi connectivity index (χ3n) is 4.45. The largest absolute Gasteiger partial charge is 0.462 e. The van der Waals surface area contributed by atoms with Crippen LogP contribution in [0.4, 0.5) is 11.5 Å². The summed E-state index contributed by atoms with van der Waals surface area (Å²) < 4.78 is 5.07. The van der Waals surface area contributed by atoms with Gasteiger partial charge in [0.1, 0.15) is 22.7 Å². The van der Waals surface area contributed by atoms with Crippen LogP contribution >= 0.6 is 11.3 Å². The summed E-state index contributed by atoms with van der Waals surface area (Å²) in [6.07, 6.45) is 2.84. The predicted octanol–water partition coefficient (Wildman–Crippen LogP) is 5.50. The smallest absolute Gasteiger partial charge is 0.343 e. The minimum Gasteiger partial charge on any atom is -0.462 e. The lowest BCUT2D eigenvalue weighted by Crippen LogP contribution is -2.09. The van der Waals surface area contributed by atoms with Crippen molar-refractivity contribution >= 4 is 28.8 Å². The standard InChI is InChI=1S/C23H20N4O2S/c1-3-29-23(28)19-13-24-14-25-21(19)26-18-11-9-16(10-12-18)20-15(2)30-22(27-20)17-7-5-4-6-8-17/h4-14H,3H2,1-2H3,(H,24,25,26). The summed E-state index contributed by atoms with van der Waals surface area (Å²) in [6, 6.07) is 18.1. The number of aryl methyl sites for hydroxylation is 1. The van der Waals surface area contributed by atoms with Crippen LogP contribution in [0.15, 0.2) is 67.1 Å². The Kier molecular flexibility index (Phi) is 5.81. The molecule has 6 nitrogen and oxygen atoms in total. The molecule has 0 aliphatic heterocycles. The zero-order valence-corrected chi connectivity index (χ0v) is 17.4. The topological polar surface area (TPSA) is 77.0 Å². The molecule has 30 heavy (non-hydrogen) atoms. The summed E-state index contributed by atoms with van der Waals surface area (Å²) >= 11 is 1.68. The maximum atomic E-state index is 12.1. The quantitative estimate of drug-likeness (QED) is 0.419. The normalized spacial score (nSPS) is 10.6. The second-order valence-corrected chi connectivity index (χ2v) is 7.70. The van der Waals surface area contributed by atoms with Gasteiger partial charge in [0.25, 0.3) is 0 Å². The van der Waals surface area contributed by atoms with Gasteiger partial charge in [-0.3, -0.25) is 0 Å². The number of ether oxygens (including phenoxy) is 1. The van der Waals surface area contributed by atoms with Crippen molar-refractivity contribution in [1.82, 2.24) is 15.0 Å². The third-order valence-corrected chi connectivity index (χ3v) is 5.47. The second kappa shape index (κ2) is 8.84. The highest BCUT2D eigenvalue weighted by Crippen LogP contribution is 2.33. The summed E-state index contributed by atoms with van der Waals surface area (Å²) in [7, 11) is 0. The van der Waals surface area contributed by atoms with Gasteiger partial charge in [-0.1, -0.05) is 42.5 Å². The molecule has 2 aromatic heterocycles. The van der Waals surface area contributed by atoms with E-state index in [4.69, 9.17) is 9.72 Å². The summed E-state index contributed by atoms with van der Waals surface area (Å²) in [4.78, 5) is 26.2. The van der Waals surface area contributed by atoms with E-state index in [1.54, 1.807) is 18.3 Å². The molecule has 0 atom stereocenters. The lowest BCUT2D eigenvalue weighted by molar-refractivity contribution is 0.0526. The minimum atomic E-state index is -0.455. The van der Waals surface area contributed by atoms with E-state index < -0.39 is 5.97 Å². The van der Waals surface area contributed by atoms with Crippen molar-refractivity contribution in [2.75, 3.05) is 11.9 Å². The first-order chi connectivity index (χ1) is 14.7. The van der Waals surface area contributed by atoms with E-state index in [1.165, 1.54) is 12.5 Å². The van der Waals surface area contributed by atoms with Crippen LogP contribution in [0.5, 0.6) is 0 Å². The van der Waals surface area contributed by atoms with Crippen molar-refractivity contribution in [2.45, 2.75) is 13.8 Å². The molecule has 4 aromatic rings. The molecule has 0 amide bonds. The maximum Gasteiger partial charge on any atom is 0.343 e. The Labute approximate surface area is 178 Å². The number of esters is 1. The zero-order valence-electron chi connectivity index (χ0n) is 16.6. The maximum absolute atomic E-state index is 12.1. The molecule has 4 rings (SSSR count). The zero-order chi connectivity index (χ0) is 20.9. The Morgan fingerprint density at radius 3 is 2.57 bits per heavy atom. The first kappa shape index (κ1) is 19.7.